The Labute approximate surface area is 125 Å². The van der Waals surface area contributed by atoms with Crippen molar-refractivity contribution in [1.29, 1.82) is 0 Å². The highest BCUT2D eigenvalue weighted by atomic mass is 32.2. The second kappa shape index (κ2) is 6.30. The Hall–Kier alpha value is -1.83. The number of benzene rings is 1. The van der Waals surface area contributed by atoms with Crippen LogP contribution in [0.2, 0.25) is 0 Å². The van der Waals surface area contributed by atoms with Crippen molar-refractivity contribution in [2.24, 2.45) is 0 Å². The molecule has 1 aromatic carbocycles. The van der Waals surface area contributed by atoms with Crippen LogP contribution >= 0.6 is 0 Å². The van der Waals surface area contributed by atoms with E-state index in [1.54, 1.807) is 12.4 Å². The zero-order valence-electron chi connectivity index (χ0n) is 12.2. The van der Waals surface area contributed by atoms with Crippen molar-refractivity contribution in [2.45, 2.75) is 13.0 Å². The first kappa shape index (κ1) is 15.6. The van der Waals surface area contributed by atoms with E-state index < -0.39 is 10.2 Å². The van der Waals surface area contributed by atoms with Gasteiger partial charge in [-0.05, 0) is 18.1 Å². The predicted molar refractivity (Wildman–Crippen MR) is 81.6 cm³/mol. The molecule has 0 fully saturated rings. The number of rotatable bonds is 5. The van der Waals surface area contributed by atoms with Gasteiger partial charge in [-0.25, -0.2) is 9.97 Å². The SMILES string of the molecule is C[C@@H](NS(=O)(=O)N(C)C)c1ccc(-c2cncnc2)cc1. The molecule has 7 heteroatoms. The standard InChI is InChI=1S/C14H18N4O2S/c1-11(17-21(19,20)18(2)3)12-4-6-13(7-5-12)14-8-15-10-16-9-14/h4-11,17H,1-3H3/t11-/m1/s1. The van der Waals surface area contributed by atoms with Crippen molar-refractivity contribution in [3.8, 4) is 11.1 Å². The summed E-state index contributed by atoms with van der Waals surface area (Å²) in [6.07, 6.45) is 4.95. The summed E-state index contributed by atoms with van der Waals surface area (Å²) in [5.74, 6) is 0. The van der Waals surface area contributed by atoms with E-state index in [0.29, 0.717) is 0 Å². The highest BCUT2D eigenvalue weighted by Crippen LogP contribution is 2.21. The lowest BCUT2D eigenvalue weighted by atomic mass is 10.0. The summed E-state index contributed by atoms with van der Waals surface area (Å²) in [5.41, 5.74) is 2.80. The molecular formula is C14H18N4O2S. The second-order valence-electron chi connectivity index (χ2n) is 4.88. The molecule has 0 aliphatic rings. The van der Waals surface area contributed by atoms with Crippen LogP contribution in [0.5, 0.6) is 0 Å². The van der Waals surface area contributed by atoms with E-state index in [2.05, 4.69) is 14.7 Å². The van der Waals surface area contributed by atoms with Gasteiger partial charge in [-0.3, -0.25) is 0 Å². The van der Waals surface area contributed by atoms with E-state index in [9.17, 15) is 8.42 Å². The minimum absolute atomic E-state index is 0.307. The molecule has 2 aromatic rings. The van der Waals surface area contributed by atoms with Gasteiger partial charge in [-0.2, -0.15) is 17.4 Å². The molecule has 1 atom stereocenters. The molecule has 112 valence electrons. The first-order valence-electron chi connectivity index (χ1n) is 6.45. The Bertz CT molecular complexity index is 685. The van der Waals surface area contributed by atoms with Gasteiger partial charge >= 0.3 is 0 Å². The van der Waals surface area contributed by atoms with Crippen LogP contribution in [0.4, 0.5) is 0 Å². The lowest BCUT2D eigenvalue weighted by molar-refractivity contribution is 0.494. The minimum atomic E-state index is -3.44. The first-order valence-corrected chi connectivity index (χ1v) is 7.89. The normalized spacial score (nSPS) is 13.3. The Morgan fingerprint density at radius 2 is 1.62 bits per heavy atom. The largest absolute Gasteiger partial charge is 0.279 e. The third kappa shape index (κ3) is 3.84. The lowest BCUT2D eigenvalue weighted by Gasteiger charge is -2.18. The van der Waals surface area contributed by atoms with Crippen LogP contribution in [-0.4, -0.2) is 36.8 Å². The van der Waals surface area contributed by atoms with E-state index >= 15 is 0 Å². The highest BCUT2D eigenvalue weighted by molar-refractivity contribution is 7.87. The summed E-state index contributed by atoms with van der Waals surface area (Å²) < 4.78 is 27.4. The molecule has 21 heavy (non-hydrogen) atoms. The van der Waals surface area contributed by atoms with E-state index in [4.69, 9.17) is 0 Å². The fraction of sp³-hybridized carbons (Fsp3) is 0.286. The van der Waals surface area contributed by atoms with Crippen LogP contribution in [0.3, 0.4) is 0 Å². The van der Waals surface area contributed by atoms with Crippen molar-refractivity contribution < 1.29 is 8.42 Å². The third-order valence-electron chi connectivity index (χ3n) is 3.11. The van der Waals surface area contributed by atoms with E-state index in [-0.39, 0.29) is 6.04 Å². The molecule has 0 spiro atoms. The van der Waals surface area contributed by atoms with Gasteiger partial charge in [0.05, 0.1) is 0 Å². The smallest absolute Gasteiger partial charge is 0.244 e. The van der Waals surface area contributed by atoms with Gasteiger partial charge in [-0.1, -0.05) is 24.3 Å². The first-order chi connectivity index (χ1) is 9.90. The Morgan fingerprint density at radius 1 is 1.05 bits per heavy atom. The average Bonchev–Trinajstić information content (AvgIpc) is 2.48. The summed E-state index contributed by atoms with van der Waals surface area (Å²) in [4.78, 5) is 7.96. The molecule has 0 bridgehead atoms. The van der Waals surface area contributed by atoms with E-state index in [1.165, 1.54) is 20.4 Å². The van der Waals surface area contributed by atoms with Crippen LogP contribution in [0, 0.1) is 0 Å². The molecule has 1 heterocycles. The van der Waals surface area contributed by atoms with Crippen LogP contribution in [0.1, 0.15) is 18.5 Å². The van der Waals surface area contributed by atoms with Gasteiger partial charge in [0.1, 0.15) is 6.33 Å². The fourth-order valence-corrected chi connectivity index (χ4v) is 2.60. The molecule has 0 aliphatic heterocycles. The van der Waals surface area contributed by atoms with Gasteiger partial charge in [0.25, 0.3) is 10.2 Å². The number of aromatic nitrogens is 2. The summed E-state index contributed by atoms with van der Waals surface area (Å²) >= 11 is 0. The fourth-order valence-electron chi connectivity index (χ4n) is 1.81. The maximum Gasteiger partial charge on any atom is 0.279 e. The van der Waals surface area contributed by atoms with Crippen molar-refractivity contribution in [2.75, 3.05) is 14.1 Å². The number of nitrogens with zero attached hydrogens (tertiary/aromatic N) is 3. The molecule has 0 amide bonds. The zero-order valence-corrected chi connectivity index (χ0v) is 13.0. The predicted octanol–water partition coefficient (Wildman–Crippen LogP) is 1.60. The third-order valence-corrected chi connectivity index (χ3v) is 4.72. The van der Waals surface area contributed by atoms with Gasteiger partial charge in [0, 0.05) is 38.1 Å². The Kier molecular flexibility index (Phi) is 4.66. The van der Waals surface area contributed by atoms with Crippen molar-refractivity contribution in [1.82, 2.24) is 19.0 Å². The molecule has 0 unspecified atom stereocenters. The Morgan fingerprint density at radius 3 is 2.14 bits per heavy atom. The quantitative estimate of drug-likeness (QED) is 0.910. The summed E-state index contributed by atoms with van der Waals surface area (Å²) in [5, 5.41) is 0. The van der Waals surface area contributed by atoms with E-state index in [1.807, 2.05) is 31.2 Å². The maximum atomic E-state index is 11.8. The molecular weight excluding hydrogens is 288 g/mol. The molecule has 6 nitrogen and oxygen atoms in total. The molecule has 0 saturated heterocycles. The number of nitrogens with one attached hydrogen (secondary N) is 1. The highest BCUT2D eigenvalue weighted by Gasteiger charge is 2.17. The monoisotopic (exact) mass is 306 g/mol. The lowest BCUT2D eigenvalue weighted by Crippen LogP contribution is -2.37. The molecule has 1 N–H and O–H groups in total. The van der Waals surface area contributed by atoms with Crippen molar-refractivity contribution in [3.63, 3.8) is 0 Å². The Balaban J connectivity index is 2.16. The summed E-state index contributed by atoms with van der Waals surface area (Å²) in [6.45, 7) is 1.81. The van der Waals surface area contributed by atoms with Crippen LogP contribution in [0.15, 0.2) is 43.0 Å². The van der Waals surface area contributed by atoms with Crippen LogP contribution < -0.4 is 4.72 Å². The molecule has 0 radical (unpaired) electrons. The summed E-state index contributed by atoms with van der Waals surface area (Å²) in [6, 6.07) is 7.33. The maximum absolute atomic E-state index is 11.8. The topological polar surface area (TPSA) is 75.2 Å². The second-order valence-corrected chi connectivity index (χ2v) is 6.79. The zero-order chi connectivity index (χ0) is 15.5. The molecule has 2 rings (SSSR count). The minimum Gasteiger partial charge on any atom is -0.244 e. The molecule has 0 aliphatic carbocycles. The molecule has 1 aromatic heterocycles. The van der Waals surface area contributed by atoms with Gasteiger partial charge in [0.2, 0.25) is 0 Å². The van der Waals surface area contributed by atoms with Crippen molar-refractivity contribution >= 4 is 10.2 Å². The van der Waals surface area contributed by atoms with Gasteiger partial charge in [0.15, 0.2) is 0 Å². The van der Waals surface area contributed by atoms with Gasteiger partial charge < -0.3 is 0 Å². The average molecular weight is 306 g/mol. The van der Waals surface area contributed by atoms with Crippen molar-refractivity contribution in [3.05, 3.63) is 48.5 Å². The summed E-state index contributed by atoms with van der Waals surface area (Å²) in [7, 11) is -0.457. The van der Waals surface area contributed by atoms with E-state index in [0.717, 1.165) is 21.0 Å². The molecule has 0 saturated carbocycles. The van der Waals surface area contributed by atoms with Crippen LogP contribution in [-0.2, 0) is 10.2 Å². The van der Waals surface area contributed by atoms with Gasteiger partial charge in [-0.15, -0.1) is 0 Å². The van der Waals surface area contributed by atoms with Crippen LogP contribution in [0.25, 0.3) is 11.1 Å². The number of hydrogen-bond donors (Lipinski definition) is 1. The number of hydrogen-bond acceptors (Lipinski definition) is 4.